The maximum absolute atomic E-state index is 12.8. The second-order valence-corrected chi connectivity index (χ2v) is 29.9. The van der Waals surface area contributed by atoms with Gasteiger partial charge in [-0.05, 0) is 81.0 Å². The molecule has 0 aromatic carbocycles. The normalized spacial score (nSPS) is 56.1. The summed E-state index contributed by atoms with van der Waals surface area (Å²) in [7, 11) is 0. The molecule has 8 aliphatic heterocycles. The average molecular weight is 1350 g/mol. The predicted molar refractivity (Wildman–Crippen MR) is 310 cm³/mol. The summed E-state index contributed by atoms with van der Waals surface area (Å²) < 4.78 is 85.9. The van der Waals surface area contributed by atoms with Gasteiger partial charge < -0.3 is 148 Å². The van der Waals surface area contributed by atoms with Crippen LogP contribution in [0.1, 0.15) is 113 Å². The Kier molecular flexibility index (Phi) is 20.5. The number of fused-ring (bicyclic) bond motifs is 5. The van der Waals surface area contributed by atoms with Gasteiger partial charge >= 0.3 is 5.97 Å². The molecule has 0 radical (unpaired) electrons. The molecule has 8 saturated heterocycles. The highest BCUT2D eigenvalue weighted by molar-refractivity contribution is 5.74. The molecule has 12 rings (SSSR count). The third kappa shape index (κ3) is 11.7. The number of hydrogen-bond donors (Lipinski definition) is 16. The second kappa shape index (κ2) is 26.8. The molecule has 0 unspecified atom stereocenters. The number of hydrogen-bond acceptors (Lipinski definition) is 31. The summed E-state index contributed by atoms with van der Waals surface area (Å²) in [4.78, 5) is 12.8. The highest BCUT2D eigenvalue weighted by Gasteiger charge is 2.75. The van der Waals surface area contributed by atoms with E-state index in [1.807, 2.05) is 13.8 Å². The van der Waals surface area contributed by atoms with Crippen LogP contribution in [0.5, 0.6) is 0 Å². The number of carbonyl (C=O) groups is 1. The number of carbonyl (C=O) groups excluding carboxylic acids is 1. The first-order valence-electron chi connectivity index (χ1n) is 33.4. The van der Waals surface area contributed by atoms with Crippen LogP contribution in [0.3, 0.4) is 0 Å². The van der Waals surface area contributed by atoms with Gasteiger partial charge in [0.05, 0.1) is 63.4 Å². The van der Waals surface area contributed by atoms with Crippen molar-refractivity contribution in [2.24, 2.45) is 39.4 Å². The van der Waals surface area contributed by atoms with Crippen molar-refractivity contribution >= 4 is 5.97 Å². The maximum Gasteiger partial charge on any atom is 0.311 e. The van der Waals surface area contributed by atoms with Gasteiger partial charge in [0, 0.05) is 23.7 Å². The molecule has 0 amide bonds. The van der Waals surface area contributed by atoms with Crippen LogP contribution < -0.4 is 0 Å². The lowest BCUT2D eigenvalue weighted by atomic mass is 9.42. The van der Waals surface area contributed by atoms with E-state index in [1.54, 1.807) is 0 Å². The highest BCUT2D eigenvalue weighted by atomic mass is 16.8. The molecule has 94 heavy (non-hydrogen) atoms. The van der Waals surface area contributed by atoms with Gasteiger partial charge in [0.15, 0.2) is 37.7 Å². The smallest absolute Gasteiger partial charge is 0.311 e. The Hall–Kier alpha value is -1.95. The molecule has 2 spiro atoms. The number of rotatable bonds is 16. The van der Waals surface area contributed by atoms with Crippen molar-refractivity contribution in [2.45, 2.75) is 296 Å². The molecule has 0 aromatic heterocycles. The van der Waals surface area contributed by atoms with E-state index < -0.39 is 222 Å². The lowest BCUT2D eigenvalue weighted by Gasteiger charge is -2.63. The van der Waals surface area contributed by atoms with Crippen molar-refractivity contribution in [2.75, 3.05) is 39.6 Å². The molecular formula is C63H100O31. The monoisotopic (exact) mass is 1350 g/mol. The molecule has 31 heteroatoms. The van der Waals surface area contributed by atoms with Crippen LogP contribution in [-0.2, 0) is 71.1 Å². The lowest BCUT2D eigenvalue weighted by Crippen LogP contribution is -2.68. The van der Waals surface area contributed by atoms with Gasteiger partial charge in [0.25, 0.3) is 0 Å². The van der Waals surface area contributed by atoms with E-state index in [0.717, 1.165) is 38.5 Å². The number of esters is 1. The fourth-order valence-corrected chi connectivity index (χ4v) is 18.9. The van der Waals surface area contributed by atoms with E-state index in [9.17, 15) is 86.5 Å². The minimum absolute atomic E-state index is 0.107. The molecule has 10 fully saturated rings. The zero-order chi connectivity index (χ0) is 67.8. The number of aliphatic hydroxyl groups excluding tert-OH is 16. The van der Waals surface area contributed by atoms with E-state index in [1.165, 1.54) is 18.1 Å². The van der Waals surface area contributed by atoms with Crippen LogP contribution in [0.4, 0.5) is 0 Å². The predicted octanol–water partition coefficient (Wildman–Crippen LogP) is -4.58. The van der Waals surface area contributed by atoms with Crippen molar-refractivity contribution in [1.82, 2.24) is 0 Å². The van der Waals surface area contributed by atoms with Crippen LogP contribution >= 0.6 is 0 Å². The van der Waals surface area contributed by atoms with Crippen molar-refractivity contribution in [3.8, 4) is 0 Å². The zero-order valence-electron chi connectivity index (χ0n) is 54.0. The quantitative estimate of drug-likeness (QED) is 0.0511. The van der Waals surface area contributed by atoms with Crippen LogP contribution in [0.25, 0.3) is 0 Å². The molecule has 538 valence electrons. The average Bonchev–Trinajstić information content (AvgIpc) is 1.40. The molecule has 8 heterocycles. The molecular weight excluding hydrogens is 1250 g/mol. The Balaban J connectivity index is 0.760. The third-order valence-electron chi connectivity index (χ3n) is 24.6. The number of allylic oxidation sites excluding steroid dienone is 2. The summed E-state index contributed by atoms with van der Waals surface area (Å²) in [6.07, 6.45) is -41.9. The summed E-state index contributed by atoms with van der Waals surface area (Å²) in [5, 5.41) is 177. The Morgan fingerprint density at radius 1 is 0.500 bits per heavy atom. The topological polar surface area (TPSA) is 470 Å². The van der Waals surface area contributed by atoms with Crippen molar-refractivity contribution < 1.29 is 153 Å². The minimum atomic E-state index is -2.06. The lowest BCUT2D eigenvalue weighted by molar-refractivity contribution is -0.407. The van der Waals surface area contributed by atoms with Gasteiger partial charge in [-0.3, -0.25) is 4.79 Å². The van der Waals surface area contributed by atoms with E-state index in [0.29, 0.717) is 25.7 Å². The first kappa shape index (κ1) is 71.9. The molecule has 31 nitrogen and oxygen atoms in total. The van der Waals surface area contributed by atoms with Crippen LogP contribution in [0, 0.1) is 39.4 Å². The maximum atomic E-state index is 12.8. The van der Waals surface area contributed by atoms with E-state index in [2.05, 4.69) is 27.7 Å². The summed E-state index contributed by atoms with van der Waals surface area (Å²) in [5.74, 6) is -1.32. The Bertz CT molecular complexity index is 2700. The molecule has 2 saturated carbocycles. The first-order chi connectivity index (χ1) is 44.3. The molecule has 4 aliphatic carbocycles. The fourth-order valence-electron chi connectivity index (χ4n) is 18.9. The third-order valence-corrected chi connectivity index (χ3v) is 24.6. The summed E-state index contributed by atoms with van der Waals surface area (Å²) >= 11 is 0. The second-order valence-electron chi connectivity index (χ2n) is 29.9. The van der Waals surface area contributed by atoms with Crippen LogP contribution in [0.15, 0.2) is 11.1 Å². The minimum Gasteiger partial charge on any atom is -0.433 e. The standard InChI is InChI=1S/C63H100O31/c1-24-16-62(93-51(24)80)17-25(2)63(94-62)15-14-60(6)28-8-9-34-58(4,27(28)10-13-61(60,63)7)12-11-35(59(34,5)23-66)88-53-46(79)43(76)40(73)33(87-53)22-83-55-48(37(70)29(67)20-81-55)91-57-50(92-52-45(78)42(75)36(69)26(3)84-52)47(41(74)32(19-65)86-57)89-56-49(38(71)30(68)21-82-56)90-54-44(77)39(72)31(18-64)85-54/h24-26,29-50,52-57,64-79H,8-23H2,1-7H3/t24-,25-,26+,29-,30-,31+,32+,33+,34+,35+,36+,37-,38-,39-,40+,41-,42+,43+,44-,45+,46-,47-,48+,49-,50-,52+,53+,54-,55-,56+,57-,58-,59-,60+,61-,62+,63-/m1/s1. The largest absolute Gasteiger partial charge is 0.433 e. The van der Waals surface area contributed by atoms with Crippen molar-refractivity contribution in [1.29, 1.82) is 0 Å². The van der Waals surface area contributed by atoms with Gasteiger partial charge in [-0.1, -0.05) is 52.7 Å². The Labute approximate surface area is 543 Å². The van der Waals surface area contributed by atoms with Gasteiger partial charge in [0.1, 0.15) is 122 Å². The first-order valence-corrected chi connectivity index (χ1v) is 33.4. The molecule has 16 N–H and O–H groups in total. The molecule has 12 aliphatic rings. The number of aliphatic hydroxyl groups is 16. The summed E-state index contributed by atoms with van der Waals surface area (Å²) in [5.41, 5.74) is 0.604. The van der Waals surface area contributed by atoms with Gasteiger partial charge in [-0.2, -0.15) is 0 Å². The van der Waals surface area contributed by atoms with Crippen molar-refractivity contribution in [3.63, 3.8) is 0 Å². The van der Waals surface area contributed by atoms with E-state index >= 15 is 0 Å². The fraction of sp³-hybridized carbons (Fsp3) is 0.952. The zero-order valence-corrected chi connectivity index (χ0v) is 54.0. The van der Waals surface area contributed by atoms with Crippen LogP contribution in [-0.4, -0.2) is 311 Å². The van der Waals surface area contributed by atoms with Gasteiger partial charge in [0.2, 0.25) is 5.79 Å². The van der Waals surface area contributed by atoms with Crippen LogP contribution in [0.2, 0.25) is 0 Å². The van der Waals surface area contributed by atoms with E-state index in [4.69, 9.17) is 66.3 Å². The Morgan fingerprint density at radius 2 is 1.05 bits per heavy atom. The van der Waals surface area contributed by atoms with E-state index in [-0.39, 0.29) is 46.6 Å². The summed E-state index contributed by atoms with van der Waals surface area (Å²) in [6.45, 7) is 10.5. The SMILES string of the molecule is C[C@@H]1C[C@]2(C[C@@H](C)[C@@]3(CC[C@@]4(C)C5=C(CC[C@]43C)[C@@]3(C)CC[C@H](O[C@@H]4O[C@@H](CO[C@H]6OC[C@@H](O)[C@@H](O)[C@@H]6O[C@H]6O[C@@H](CO)[C@@H](O)[C@@H](O[C@@H]7OC[C@@H](O)[C@@H](O)[C@H]7O[C@H]7O[C@@H](CO)[C@@H](O)[C@H]7O)[C@H]6O[C@@H]6O[C@@H](C)[C@H](O)[C@H](O)[C@@H]6O)[C@H](O)[C@H](O)[C@H]4O)[C@](C)(CO)[C@H]3CC5)O2)OC1=O. The van der Waals surface area contributed by atoms with Gasteiger partial charge in [-0.15, -0.1) is 0 Å². The van der Waals surface area contributed by atoms with Crippen molar-refractivity contribution in [3.05, 3.63) is 11.1 Å². The number of ether oxygens (including phenoxy) is 14. The molecule has 0 bridgehead atoms. The molecule has 37 atom stereocenters. The molecule has 0 aromatic rings. The highest BCUT2D eigenvalue weighted by Crippen LogP contribution is 2.76. The summed E-state index contributed by atoms with van der Waals surface area (Å²) in [6, 6.07) is 0. The Morgan fingerprint density at radius 3 is 1.69 bits per heavy atom. The van der Waals surface area contributed by atoms with Gasteiger partial charge in [-0.25, -0.2) is 0 Å².